The lowest BCUT2D eigenvalue weighted by molar-refractivity contribution is -0.143. The zero-order chi connectivity index (χ0) is 21.3. The third-order valence-corrected chi connectivity index (χ3v) is 4.44. The number of alkyl halides is 3. The molecule has 1 aromatic heterocycles. The molecule has 0 aliphatic rings. The summed E-state index contributed by atoms with van der Waals surface area (Å²) in [7, 11) is 0. The highest BCUT2D eigenvalue weighted by atomic mass is 35.5. The minimum Gasteiger partial charge on any atom is -0.345 e. The molecule has 0 radical (unpaired) electrons. The van der Waals surface area contributed by atoms with Crippen LogP contribution in [0.15, 0.2) is 48.7 Å². The second-order valence-corrected chi connectivity index (χ2v) is 6.54. The van der Waals surface area contributed by atoms with Crippen LogP contribution in [0.5, 0.6) is 0 Å². The number of halogens is 6. The van der Waals surface area contributed by atoms with Crippen molar-refractivity contribution in [1.82, 2.24) is 15.1 Å². The second-order valence-electron chi connectivity index (χ2n) is 6.14. The van der Waals surface area contributed by atoms with E-state index in [2.05, 4.69) is 10.4 Å². The van der Waals surface area contributed by atoms with Crippen LogP contribution in [0.2, 0.25) is 5.02 Å². The Morgan fingerprint density at radius 3 is 2.45 bits per heavy atom. The van der Waals surface area contributed by atoms with Crippen molar-refractivity contribution in [3.05, 3.63) is 82.1 Å². The molecule has 2 aromatic carbocycles. The fourth-order valence-corrected chi connectivity index (χ4v) is 2.92. The molecule has 0 saturated heterocycles. The van der Waals surface area contributed by atoms with Gasteiger partial charge in [0.15, 0.2) is 5.69 Å². The molecule has 3 rings (SSSR count). The van der Waals surface area contributed by atoms with Crippen LogP contribution in [-0.2, 0) is 6.18 Å². The number of carbonyl (C=O) groups excluding carboxylic acids is 1. The number of para-hydroxylation sites is 1. The first-order valence-electron chi connectivity index (χ1n) is 8.25. The summed E-state index contributed by atoms with van der Waals surface area (Å²) in [5, 5.41) is 5.76. The summed E-state index contributed by atoms with van der Waals surface area (Å²) < 4.78 is 68.6. The number of benzene rings is 2. The van der Waals surface area contributed by atoms with E-state index in [1.54, 1.807) is 0 Å². The molecule has 4 nitrogen and oxygen atoms in total. The van der Waals surface area contributed by atoms with Crippen molar-refractivity contribution in [3.8, 4) is 5.69 Å². The lowest BCUT2D eigenvalue weighted by atomic mass is 10.1. The minimum absolute atomic E-state index is 0.188. The summed E-state index contributed by atoms with van der Waals surface area (Å²) in [6.45, 7) is 1.50. The minimum atomic E-state index is -4.98. The first-order valence-corrected chi connectivity index (χ1v) is 8.63. The highest BCUT2D eigenvalue weighted by Crippen LogP contribution is 2.34. The Labute approximate surface area is 166 Å². The zero-order valence-electron chi connectivity index (χ0n) is 14.8. The van der Waals surface area contributed by atoms with Gasteiger partial charge in [0.1, 0.15) is 17.3 Å². The molecule has 152 valence electrons. The molecule has 0 aliphatic heterocycles. The predicted molar refractivity (Wildman–Crippen MR) is 95.8 cm³/mol. The Morgan fingerprint density at radius 2 is 1.83 bits per heavy atom. The van der Waals surface area contributed by atoms with Crippen molar-refractivity contribution in [3.63, 3.8) is 0 Å². The Balaban J connectivity index is 1.97. The van der Waals surface area contributed by atoms with Crippen LogP contribution in [0.3, 0.4) is 0 Å². The van der Waals surface area contributed by atoms with Crippen LogP contribution >= 0.6 is 11.6 Å². The normalized spacial score (nSPS) is 12.7. The SMILES string of the molecule is C[C@H](NC(=O)c1cnn(-c2ccccc2F)c1C(F)(F)F)c1ccc(F)c(Cl)c1. The van der Waals surface area contributed by atoms with Crippen LogP contribution in [0.1, 0.15) is 34.6 Å². The molecule has 0 fully saturated rings. The van der Waals surface area contributed by atoms with E-state index >= 15 is 0 Å². The van der Waals surface area contributed by atoms with E-state index in [1.807, 2.05) is 0 Å². The van der Waals surface area contributed by atoms with Crippen molar-refractivity contribution in [1.29, 1.82) is 0 Å². The maximum absolute atomic E-state index is 14.0. The van der Waals surface area contributed by atoms with Gasteiger partial charge in [-0.05, 0) is 36.8 Å². The topological polar surface area (TPSA) is 46.9 Å². The highest BCUT2D eigenvalue weighted by molar-refractivity contribution is 6.30. The third-order valence-electron chi connectivity index (χ3n) is 4.15. The van der Waals surface area contributed by atoms with Crippen molar-refractivity contribution >= 4 is 17.5 Å². The molecule has 1 amide bonds. The molecule has 1 heterocycles. The van der Waals surface area contributed by atoms with Crippen molar-refractivity contribution in [2.24, 2.45) is 0 Å². The molecular weight excluding hydrogens is 417 g/mol. The molecule has 10 heteroatoms. The standard InChI is InChI=1S/C19H13ClF5N3O/c1-10(11-6-7-14(21)13(20)8-11)27-18(29)12-9-26-28(17(12)19(23,24)25)16-5-3-2-4-15(16)22/h2-10H,1H3,(H,27,29)/t10-/m0/s1. The summed E-state index contributed by atoms with van der Waals surface area (Å²) in [5.74, 6) is -2.67. The quantitative estimate of drug-likeness (QED) is 0.571. The van der Waals surface area contributed by atoms with Crippen LogP contribution in [0.4, 0.5) is 22.0 Å². The first-order chi connectivity index (χ1) is 13.6. The number of aromatic nitrogens is 2. The number of nitrogens with zero attached hydrogens (tertiary/aromatic N) is 2. The van der Waals surface area contributed by atoms with E-state index < -0.39 is 46.7 Å². The number of amides is 1. The Hall–Kier alpha value is -2.94. The van der Waals surface area contributed by atoms with Crippen LogP contribution in [0.25, 0.3) is 5.69 Å². The summed E-state index contributed by atoms with van der Waals surface area (Å²) in [4.78, 5) is 12.5. The van der Waals surface area contributed by atoms with E-state index in [1.165, 1.54) is 31.2 Å². The van der Waals surface area contributed by atoms with Gasteiger partial charge in [0.25, 0.3) is 5.91 Å². The van der Waals surface area contributed by atoms with Crippen molar-refractivity contribution in [2.45, 2.75) is 19.1 Å². The van der Waals surface area contributed by atoms with Gasteiger partial charge in [-0.25, -0.2) is 13.5 Å². The Bertz CT molecular complexity index is 1060. The molecular formula is C19H13ClF5N3O. The van der Waals surface area contributed by atoms with Gasteiger partial charge in [-0.1, -0.05) is 29.8 Å². The number of nitrogens with one attached hydrogen (secondary N) is 1. The van der Waals surface area contributed by atoms with Gasteiger partial charge in [0, 0.05) is 0 Å². The van der Waals surface area contributed by atoms with E-state index in [9.17, 15) is 26.7 Å². The fraction of sp³-hybridized carbons (Fsp3) is 0.158. The van der Waals surface area contributed by atoms with E-state index in [0.717, 1.165) is 24.4 Å². The molecule has 0 unspecified atom stereocenters. The molecule has 29 heavy (non-hydrogen) atoms. The molecule has 3 aromatic rings. The van der Waals surface area contributed by atoms with Crippen LogP contribution in [0, 0.1) is 11.6 Å². The van der Waals surface area contributed by atoms with E-state index in [-0.39, 0.29) is 5.02 Å². The molecule has 1 N–H and O–H groups in total. The Morgan fingerprint density at radius 1 is 1.14 bits per heavy atom. The summed E-state index contributed by atoms with van der Waals surface area (Å²) in [5.41, 5.74) is -2.25. The lowest BCUT2D eigenvalue weighted by Crippen LogP contribution is -2.29. The van der Waals surface area contributed by atoms with Gasteiger partial charge < -0.3 is 5.32 Å². The largest absolute Gasteiger partial charge is 0.434 e. The molecule has 0 saturated carbocycles. The number of hydrogen-bond acceptors (Lipinski definition) is 2. The predicted octanol–water partition coefficient (Wildman–Crippen LogP) is 5.31. The molecule has 1 atom stereocenters. The summed E-state index contributed by atoms with van der Waals surface area (Å²) in [6, 6.07) is 7.67. The number of carbonyl (C=O) groups is 1. The third kappa shape index (κ3) is 4.24. The number of rotatable bonds is 4. The highest BCUT2D eigenvalue weighted by Gasteiger charge is 2.41. The Kier molecular flexibility index (Phi) is 5.61. The van der Waals surface area contributed by atoms with Gasteiger partial charge in [-0.15, -0.1) is 0 Å². The van der Waals surface area contributed by atoms with Gasteiger partial charge >= 0.3 is 6.18 Å². The van der Waals surface area contributed by atoms with Crippen molar-refractivity contribution < 1.29 is 26.7 Å². The first kappa shape index (κ1) is 20.8. The van der Waals surface area contributed by atoms with Crippen molar-refractivity contribution in [2.75, 3.05) is 0 Å². The fourth-order valence-electron chi connectivity index (χ4n) is 2.73. The van der Waals surface area contributed by atoms with E-state index in [4.69, 9.17) is 11.6 Å². The number of hydrogen-bond donors (Lipinski definition) is 1. The zero-order valence-corrected chi connectivity index (χ0v) is 15.5. The van der Waals surface area contributed by atoms with Gasteiger partial charge in [0.05, 0.1) is 22.8 Å². The van der Waals surface area contributed by atoms with Gasteiger partial charge in [-0.2, -0.15) is 18.3 Å². The summed E-state index contributed by atoms with van der Waals surface area (Å²) >= 11 is 5.70. The molecule has 0 bridgehead atoms. The smallest absolute Gasteiger partial charge is 0.345 e. The van der Waals surface area contributed by atoms with E-state index in [0.29, 0.717) is 10.2 Å². The monoisotopic (exact) mass is 429 g/mol. The average molecular weight is 430 g/mol. The molecule has 0 aliphatic carbocycles. The van der Waals surface area contributed by atoms with Crippen LogP contribution < -0.4 is 5.32 Å². The maximum Gasteiger partial charge on any atom is 0.434 e. The van der Waals surface area contributed by atoms with Gasteiger partial charge in [-0.3, -0.25) is 4.79 Å². The summed E-state index contributed by atoms with van der Waals surface area (Å²) in [6.07, 6.45) is -4.26. The lowest BCUT2D eigenvalue weighted by Gasteiger charge is -2.16. The second kappa shape index (κ2) is 7.82. The average Bonchev–Trinajstić information content (AvgIpc) is 3.09. The van der Waals surface area contributed by atoms with Gasteiger partial charge in [0.2, 0.25) is 0 Å². The van der Waals surface area contributed by atoms with Crippen LogP contribution in [-0.4, -0.2) is 15.7 Å². The maximum atomic E-state index is 14.0. The molecule has 0 spiro atoms.